The smallest absolute Gasteiger partial charge is 0.336 e. The Morgan fingerprint density at radius 3 is 1.82 bits per heavy atom. The first-order valence-electron chi connectivity index (χ1n) is 11.0. The quantitative estimate of drug-likeness (QED) is 0.331. The van der Waals surface area contributed by atoms with Gasteiger partial charge >= 0.3 is 13.6 Å². The second-order valence-corrected chi connectivity index (χ2v) is 12.3. The predicted molar refractivity (Wildman–Crippen MR) is 133 cm³/mol. The number of carbonyl (C=O) groups is 1. The highest BCUT2D eigenvalue weighted by atomic mass is 31.2. The number of aliphatic imine (C=N–C) groups is 1. The lowest BCUT2D eigenvalue weighted by Crippen LogP contribution is -2.35. The normalized spacial score (nSPS) is 14.9. The van der Waals surface area contributed by atoms with Crippen molar-refractivity contribution in [3.8, 4) is 0 Å². The summed E-state index contributed by atoms with van der Waals surface area (Å²) in [5.41, 5.74) is -0.106. The number of hydrogen-bond acceptors (Lipinski definition) is 5. The van der Waals surface area contributed by atoms with Crippen LogP contribution in [0.5, 0.6) is 0 Å². The van der Waals surface area contributed by atoms with Gasteiger partial charge in [-0.3, -0.25) is 9.56 Å². The molecule has 0 saturated heterocycles. The molecule has 0 aromatic heterocycles. The van der Waals surface area contributed by atoms with E-state index in [1.54, 1.807) is 13.1 Å². The minimum atomic E-state index is -3.42. The summed E-state index contributed by atoms with van der Waals surface area (Å²) in [5, 5.41) is 9.81. The molecule has 180 valence electrons. The van der Waals surface area contributed by atoms with Crippen LogP contribution in [-0.2, 0) is 31.0 Å². The van der Waals surface area contributed by atoms with E-state index >= 15 is 0 Å². The average molecular weight is 474 g/mol. The maximum absolute atomic E-state index is 13.5. The Morgan fingerprint density at radius 1 is 0.879 bits per heavy atom. The van der Waals surface area contributed by atoms with E-state index in [0.29, 0.717) is 0 Å². The van der Waals surface area contributed by atoms with Gasteiger partial charge in [0.25, 0.3) is 0 Å². The van der Waals surface area contributed by atoms with E-state index in [2.05, 4.69) is 4.99 Å². The molecule has 1 atom stereocenters. The lowest BCUT2D eigenvalue weighted by Gasteiger charge is -2.32. The number of carboxylic acids is 1. The molecule has 0 spiro atoms. The van der Waals surface area contributed by atoms with E-state index in [4.69, 9.17) is 9.05 Å². The van der Waals surface area contributed by atoms with Crippen LogP contribution in [0.4, 0.5) is 0 Å². The van der Waals surface area contributed by atoms with Crippen LogP contribution in [0, 0.1) is 0 Å². The standard InChI is InChI=1S/C26H36NO5P/c1-24(2,3)31-33(30,32-25(4,5)6)19-22-15-13-20(14-16-22)17-26(7,23(28)29)27-18-21-11-9-8-10-12-21/h8-16,18H,17,19H2,1-7H3,(H,28,29)/t26-/m0/s1. The van der Waals surface area contributed by atoms with Crippen molar-refractivity contribution in [1.29, 1.82) is 0 Å². The molecule has 33 heavy (non-hydrogen) atoms. The molecule has 0 fully saturated rings. The zero-order valence-corrected chi connectivity index (χ0v) is 21.6. The van der Waals surface area contributed by atoms with Crippen molar-refractivity contribution in [2.24, 2.45) is 4.99 Å². The topological polar surface area (TPSA) is 85.2 Å². The molecule has 7 heteroatoms. The van der Waals surface area contributed by atoms with Crippen LogP contribution < -0.4 is 0 Å². The monoisotopic (exact) mass is 473 g/mol. The Bertz CT molecular complexity index is 984. The van der Waals surface area contributed by atoms with Crippen LogP contribution >= 0.6 is 7.60 Å². The fraction of sp³-hybridized carbons (Fsp3) is 0.462. The van der Waals surface area contributed by atoms with Crippen molar-refractivity contribution in [3.05, 3.63) is 71.3 Å². The molecule has 0 aliphatic heterocycles. The molecule has 0 aliphatic carbocycles. The summed E-state index contributed by atoms with van der Waals surface area (Å²) in [7, 11) is -3.42. The van der Waals surface area contributed by atoms with E-state index in [9.17, 15) is 14.5 Å². The summed E-state index contributed by atoms with van der Waals surface area (Å²) in [6.45, 7) is 12.7. The molecule has 6 nitrogen and oxygen atoms in total. The maximum Gasteiger partial charge on any atom is 0.336 e. The molecule has 0 unspecified atom stereocenters. The molecular weight excluding hydrogens is 437 g/mol. The van der Waals surface area contributed by atoms with Gasteiger partial charge in [0.1, 0.15) is 0 Å². The van der Waals surface area contributed by atoms with Gasteiger partial charge in [0.2, 0.25) is 0 Å². The second kappa shape index (κ2) is 10.3. The van der Waals surface area contributed by atoms with Gasteiger partial charge in [-0.15, -0.1) is 0 Å². The minimum absolute atomic E-state index is 0.129. The molecule has 0 saturated carbocycles. The van der Waals surface area contributed by atoms with Gasteiger partial charge in [-0.25, -0.2) is 4.79 Å². The van der Waals surface area contributed by atoms with E-state index < -0.39 is 30.3 Å². The van der Waals surface area contributed by atoms with Crippen molar-refractivity contribution >= 4 is 19.8 Å². The molecule has 0 bridgehead atoms. The highest BCUT2D eigenvalue weighted by Crippen LogP contribution is 2.56. The van der Waals surface area contributed by atoms with Crippen molar-refractivity contribution in [2.45, 2.75) is 77.8 Å². The molecule has 0 amide bonds. The molecular formula is C26H36NO5P. The first-order chi connectivity index (χ1) is 15.1. The highest BCUT2D eigenvalue weighted by molar-refractivity contribution is 7.53. The molecule has 2 rings (SSSR count). The van der Waals surface area contributed by atoms with Crippen LogP contribution in [0.25, 0.3) is 0 Å². The van der Waals surface area contributed by atoms with Gasteiger partial charge in [0.15, 0.2) is 5.54 Å². The van der Waals surface area contributed by atoms with Gasteiger partial charge in [0, 0.05) is 12.6 Å². The summed E-state index contributed by atoms with van der Waals surface area (Å²) in [6, 6.07) is 16.8. The Kier molecular flexibility index (Phi) is 8.45. The second-order valence-electron chi connectivity index (χ2n) is 10.4. The molecule has 0 radical (unpaired) electrons. The van der Waals surface area contributed by atoms with Gasteiger partial charge in [-0.2, -0.15) is 0 Å². The van der Waals surface area contributed by atoms with E-state index in [1.165, 1.54) is 0 Å². The van der Waals surface area contributed by atoms with E-state index in [0.717, 1.165) is 16.7 Å². The van der Waals surface area contributed by atoms with Gasteiger partial charge in [-0.1, -0.05) is 54.6 Å². The summed E-state index contributed by atoms with van der Waals surface area (Å²) in [6.07, 6.45) is 1.94. The predicted octanol–water partition coefficient (Wildman–Crippen LogP) is 6.51. The van der Waals surface area contributed by atoms with Crippen molar-refractivity contribution < 1.29 is 23.5 Å². The number of rotatable bonds is 9. The first-order valence-corrected chi connectivity index (χ1v) is 12.7. The third-order valence-corrected chi connectivity index (χ3v) is 6.94. The number of carboxylic acid groups (broad SMARTS) is 1. The van der Waals surface area contributed by atoms with E-state index in [-0.39, 0.29) is 12.6 Å². The van der Waals surface area contributed by atoms with Crippen molar-refractivity contribution in [2.75, 3.05) is 0 Å². The van der Waals surface area contributed by atoms with Crippen LogP contribution in [0.1, 0.15) is 65.2 Å². The summed E-state index contributed by atoms with van der Waals surface area (Å²) < 4.78 is 25.2. The van der Waals surface area contributed by atoms with Gasteiger partial charge in [-0.05, 0) is 65.2 Å². The summed E-state index contributed by atoms with van der Waals surface area (Å²) in [5.74, 6) is -1.000. The largest absolute Gasteiger partial charge is 0.479 e. The van der Waals surface area contributed by atoms with Gasteiger partial charge < -0.3 is 14.2 Å². The van der Waals surface area contributed by atoms with Crippen molar-refractivity contribution in [3.63, 3.8) is 0 Å². The summed E-state index contributed by atoms with van der Waals surface area (Å²) >= 11 is 0. The number of hydrogen-bond donors (Lipinski definition) is 1. The zero-order valence-electron chi connectivity index (χ0n) is 20.7. The fourth-order valence-electron chi connectivity index (χ4n) is 3.23. The Morgan fingerprint density at radius 2 is 1.36 bits per heavy atom. The van der Waals surface area contributed by atoms with Crippen molar-refractivity contribution in [1.82, 2.24) is 0 Å². The number of nitrogens with zero attached hydrogens (tertiary/aromatic N) is 1. The Hall–Kier alpha value is -2.27. The number of benzene rings is 2. The lowest BCUT2D eigenvalue weighted by atomic mass is 9.93. The third-order valence-electron chi connectivity index (χ3n) is 4.53. The Labute approximate surface area is 197 Å². The third kappa shape index (κ3) is 9.24. The minimum Gasteiger partial charge on any atom is -0.479 e. The van der Waals surface area contributed by atoms with Crippen LogP contribution in [0.15, 0.2) is 59.6 Å². The van der Waals surface area contributed by atoms with E-state index in [1.807, 2.05) is 96.1 Å². The Balaban J connectivity index is 2.20. The molecule has 0 heterocycles. The van der Waals surface area contributed by atoms with Crippen LogP contribution in [0.2, 0.25) is 0 Å². The van der Waals surface area contributed by atoms with Crippen LogP contribution in [0.3, 0.4) is 0 Å². The molecule has 0 aliphatic rings. The average Bonchev–Trinajstić information content (AvgIpc) is 2.65. The fourth-order valence-corrected chi connectivity index (χ4v) is 5.73. The van der Waals surface area contributed by atoms with Gasteiger partial charge in [0.05, 0.1) is 17.4 Å². The highest BCUT2D eigenvalue weighted by Gasteiger charge is 2.36. The lowest BCUT2D eigenvalue weighted by molar-refractivity contribution is -0.142. The number of aliphatic carboxylic acids is 1. The first kappa shape index (κ1) is 27.0. The molecule has 1 N–H and O–H groups in total. The molecule has 2 aromatic carbocycles. The zero-order chi connectivity index (χ0) is 24.9. The summed E-state index contributed by atoms with van der Waals surface area (Å²) in [4.78, 5) is 16.4. The maximum atomic E-state index is 13.5. The van der Waals surface area contributed by atoms with Crippen LogP contribution in [-0.4, -0.2) is 34.0 Å². The SMILES string of the molecule is CC(C)(C)OP(=O)(Cc1ccc(C[C@](C)(N=Cc2ccccc2)C(=O)O)cc1)OC(C)(C)C. The molecule has 2 aromatic rings.